The summed E-state index contributed by atoms with van der Waals surface area (Å²) < 4.78 is 31.8. The molecular formula is C20H27NO3S. The highest BCUT2D eigenvalue weighted by molar-refractivity contribution is 7.89. The zero-order chi connectivity index (χ0) is 18.3. The van der Waals surface area contributed by atoms with Gasteiger partial charge in [-0.05, 0) is 55.5 Å². The number of ether oxygens (including phenoxy) is 1. The Labute approximate surface area is 151 Å². The molecule has 2 aromatic rings. The summed E-state index contributed by atoms with van der Waals surface area (Å²) in [6.07, 6.45) is 1.30. The van der Waals surface area contributed by atoms with Gasteiger partial charge in [0, 0.05) is 6.04 Å². The third-order valence-electron chi connectivity index (χ3n) is 3.85. The predicted octanol–water partition coefficient (Wildman–Crippen LogP) is 4.01. The molecule has 1 unspecified atom stereocenters. The van der Waals surface area contributed by atoms with Crippen LogP contribution in [0, 0.1) is 0 Å². The van der Waals surface area contributed by atoms with Crippen LogP contribution >= 0.6 is 0 Å². The first-order valence-corrected chi connectivity index (χ1v) is 10.4. The molecule has 1 N–H and O–H groups in total. The molecular weight excluding hydrogens is 334 g/mol. The highest BCUT2D eigenvalue weighted by Gasteiger charge is 2.13. The molecule has 0 saturated carbocycles. The Balaban J connectivity index is 1.99. The Morgan fingerprint density at radius 1 is 0.960 bits per heavy atom. The number of hydrogen-bond donors (Lipinski definition) is 1. The molecule has 0 aliphatic carbocycles. The van der Waals surface area contributed by atoms with E-state index in [4.69, 9.17) is 4.74 Å². The third kappa shape index (κ3) is 6.18. The van der Waals surface area contributed by atoms with E-state index in [-0.39, 0.29) is 11.8 Å². The number of benzene rings is 2. The monoisotopic (exact) mass is 361 g/mol. The molecule has 0 saturated heterocycles. The summed E-state index contributed by atoms with van der Waals surface area (Å²) >= 11 is 0. The number of sulfonamides is 1. The third-order valence-corrected chi connectivity index (χ3v) is 5.56. The van der Waals surface area contributed by atoms with Crippen molar-refractivity contribution in [3.05, 3.63) is 54.1 Å². The van der Waals surface area contributed by atoms with Gasteiger partial charge in [0.15, 0.2) is 0 Å². The van der Waals surface area contributed by atoms with Gasteiger partial charge in [-0.2, -0.15) is 0 Å². The minimum Gasteiger partial charge on any atom is -0.494 e. The number of hydrogen-bond acceptors (Lipinski definition) is 3. The first-order valence-electron chi connectivity index (χ1n) is 8.75. The second kappa shape index (κ2) is 9.02. The fourth-order valence-corrected chi connectivity index (χ4v) is 4.12. The molecule has 25 heavy (non-hydrogen) atoms. The molecule has 0 amide bonds. The lowest BCUT2D eigenvalue weighted by Gasteiger charge is -2.14. The van der Waals surface area contributed by atoms with Crippen LogP contribution in [-0.2, 0) is 16.4 Å². The Morgan fingerprint density at radius 3 is 2.04 bits per heavy atom. The molecule has 0 heterocycles. The van der Waals surface area contributed by atoms with E-state index in [2.05, 4.69) is 29.0 Å². The van der Waals surface area contributed by atoms with E-state index in [0.29, 0.717) is 19.4 Å². The van der Waals surface area contributed by atoms with Gasteiger partial charge in [0.05, 0.1) is 12.4 Å². The van der Waals surface area contributed by atoms with Crippen molar-refractivity contribution in [2.24, 2.45) is 0 Å². The smallest absolute Gasteiger partial charge is 0.211 e. The van der Waals surface area contributed by atoms with Crippen LogP contribution in [0.2, 0.25) is 0 Å². The quantitative estimate of drug-likeness (QED) is 0.734. The van der Waals surface area contributed by atoms with Crippen LogP contribution in [0.5, 0.6) is 5.75 Å². The predicted molar refractivity (Wildman–Crippen MR) is 103 cm³/mol. The van der Waals surface area contributed by atoms with Gasteiger partial charge in [-0.1, -0.05) is 43.3 Å². The van der Waals surface area contributed by atoms with Crippen molar-refractivity contribution in [1.29, 1.82) is 0 Å². The van der Waals surface area contributed by atoms with Crippen LogP contribution in [0.1, 0.15) is 32.8 Å². The largest absolute Gasteiger partial charge is 0.494 e. The molecule has 0 aliphatic heterocycles. The SMILES string of the molecule is CCCS(=O)(=O)NC(C)Cc1ccc(-c2ccc(OCC)cc2)cc1. The first-order chi connectivity index (χ1) is 11.9. The van der Waals surface area contributed by atoms with Crippen molar-refractivity contribution in [2.75, 3.05) is 12.4 Å². The summed E-state index contributed by atoms with van der Waals surface area (Å²) in [5.41, 5.74) is 3.37. The summed E-state index contributed by atoms with van der Waals surface area (Å²) in [5, 5.41) is 0. The van der Waals surface area contributed by atoms with E-state index in [1.54, 1.807) is 0 Å². The van der Waals surface area contributed by atoms with Crippen molar-refractivity contribution in [3.63, 3.8) is 0 Å². The topological polar surface area (TPSA) is 55.4 Å². The lowest BCUT2D eigenvalue weighted by atomic mass is 10.0. The van der Waals surface area contributed by atoms with Crippen molar-refractivity contribution < 1.29 is 13.2 Å². The van der Waals surface area contributed by atoms with Gasteiger partial charge < -0.3 is 4.74 Å². The van der Waals surface area contributed by atoms with Crippen LogP contribution in [0.4, 0.5) is 0 Å². The van der Waals surface area contributed by atoms with E-state index in [1.165, 1.54) is 0 Å². The average Bonchev–Trinajstić information content (AvgIpc) is 2.56. The summed E-state index contributed by atoms with van der Waals surface area (Å²) in [7, 11) is -3.17. The van der Waals surface area contributed by atoms with E-state index >= 15 is 0 Å². The molecule has 1 atom stereocenters. The molecule has 4 nitrogen and oxygen atoms in total. The van der Waals surface area contributed by atoms with Crippen LogP contribution < -0.4 is 9.46 Å². The molecule has 0 aromatic heterocycles. The minimum atomic E-state index is -3.17. The second-order valence-electron chi connectivity index (χ2n) is 6.20. The molecule has 0 aliphatic rings. The summed E-state index contributed by atoms with van der Waals surface area (Å²) in [5.74, 6) is 1.05. The van der Waals surface area contributed by atoms with Gasteiger partial charge >= 0.3 is 0 Å². The van der Waals surface area contributed by atoms with Crippen molar-refractivity contribution in [3.8, 4) is 16.9 Å². The van der Waals surface area contributed by atoms with E-state index in [1.807, 2.05) is 45.0 Å². The maximum absolute atomic E-state index is 11.8. The Bertz CT molecular complexity index is 753. The van der Waals surface area contributed by atoms with Gasteiger partial charge in [0.2, 0.25) is 10.0 Å². The zero-order valence-electron chi connectivity index (χ0n) is 15.2. The summed E-state index contributed by atoms with van der Waals surface area (Å²) in [6.45, 7) is 6.39. The molecule has 136 valence electrons. The number of nitrogens with one attached hydrogen (secondary N) is 1. The standard InChI is InChI=1S/C20H27NO3S/c1-4-14-25(22,23)21-16(3)15-17-6-8-18(9-7-17)19-10-12-20(13-11-19)24-5-2/h6-13,16,21H,4-5,14-15H2,1-3H3. The molecule has 5 heteroatoms. The molecule has 2 rings (SSSR count). The van der Waals surface area contributed by atoms with Gasteiger partial charge in [0.25, 0.3) is 0 Å². The first kappa shape index (κ1) is 19.5. The van der Waals surface area contributed by atoms with Gasteiger partial charge in [-0.15, -0.1) is 0 Å². The van der Waals surface area contributed by atoms with Crippen molar-refractivity contribution >= 4 is 10.0 Å². The Kier molecular flexibility index (Phi) is 7.02. The fourth-order valence-electron chi connectivity index (χ4n) is 2.77. The fraction of sp³-hybridized carbons (Fsp3) is 0.400. The normalized spacial score (nSPS) is 12.8. The molecule has 0 radical (unpaired) electrons. The maximum atomic E-state index is 11.8. The highest BCUT2D eigenvalue weighted by atomic mass is 32.2. The van der Waals surface area contributed by atoms with Crippen LogP contribution in [-0.4, -0.2) is 26.8 Å². The van der Waals surface area contributed by atoms with Crippen LogP contribution in [0.25, 0.3) is 11.1 Å². The van der Waals surface area contributed by atoms with E-state index in [0.717, 1.165) is 22.4 Å². The van der Waals surface area contributed by atoms with Gasteiger partial charge in [0.1, 0.15) is 5.75 Å². The molecule has 0 fully saturated rings. The summed E-state index contributed by atoms with van der Waals surface area (Å²) in [4.78, 5) is 0. The lowest BCUT2D eigenvalue weighted by molar-refractivity contribution is 0.340. The minimum absolute atomic E-state index is 0.118. The van der Waals surface area contributed by atoms with Crippen molar-refractivity contribution in [2.45, 2.75) is 39.7 Å². The average molecular weight is 362 g/mol. The maximum Gasteiger partial charge on any atom is 0.211 e. The molecule has 0 spiro atoms. The van der Waals surface area contributed by atoms with Crippen molar-refractivity contribution in [1.82, 2.24) is 4.72 Å². The molecule has 0 bridgehead atoms. The zero-order valence-corrected chi connectivity index (χ0v) is 16.0. The van der Waals surface area contributed by atoms with E-state index in [9.17, 15) is 8.42 Å². The lowest BCUT2D eigenvalue weighted by Crippen LogP contribution is -2.35. The molecule has 2 aromatic carbocycles. The number of rotatable bonds is 9. The van der Waals surface area contributed by atoms with Crippen LogP contribution in [0.15, 0.2) is 48.5 Å². The Morgan fingerprint density at radius 2 is 1.52 bits per heavy atom. The highest BCUT2D eigenvalue weighted by Crippen LogP contribution is 2.23. The summed E-state index contributed by atoms with van der Waals surface area (Å²) in [6, 6.07) is 16.1. The second-order valence-corrected chi connectivity index (χ2v) is 8.07. The van der Waals surface area contributed by atoms with Gasteiger partial charge in [-0.3, -0.25) is 0 Å². The van der Waals surface area contributed by atoms with E-state index < -0.39 is 10.0 Å². The van der Waals surface area contributed by atoms with Gasteiger partial charge in [-0.25, -0.2) is 13.1 Å². The Hall–Kier alpha value is -1.85. The van der Waals surface area contributed by atoms with Crippen LogP contribution in [0.3, 0.4) is 0 Å².